The summed E-state index contributed by atoms with van der Waals surface area (Å²) in [7, 11) is 0. The summed E-state index contributed by atoms with van der Waals surface area (Å²) < 4.78 is 5.57. The smallest absolute Gasteiger partial charge is 0.0847 e. The molecule has 193 valence electrons. The monoisotopic (exact) mass is 676 g/mol. The number of pyridine rings is 3. The number of hydrogen-bond acceptors (Lipinski definition) is 4. The summed E-state index contributed by atoms with van der Waals surface area (Å²) in [5.41, 5.74) is 12.9. The molecule has 0 aliphatic heterocycles. The zero-order chi connectivity index (χ0) is 26.1. The van der Waals surface area contributed by atoms with Crippen molar-refractivity contribution in [1.29, 1.82) is 0 Å². The van der Waals surface area contributed by atoms with Crippen LogP contribution in [-0.2, 0) is 20.1 Å². The minimum atomic E-state index is 0. The molecule has 0 aliphatic rings. The first-order valence-electron chi connectivity index (χ1n) is 12.3. The van der Waals surface area contributed by atoms with Gasteiger partial charge in [0.1, 0.15) is 0 Å². The Kier molecular flexibility index (Phi) is 8.20. The number of aryl methyl sites for hydroxylation is 6. The largest absolute Gasteiger partial charge is 0.506 e. The molecule has 0 saturated heterocycles. The Morgan fingerprint density at radius 2 is 1.42 bits per heavy atom. The van der Waals surface area contributed by atoms with Gasteiger partial charge >= 0.3 is 0 Å². The third kappa shape index (κ3) is 5.60. The van der Waals surface area contributed by atoms with E-state index in [0.29, 0.717) is 0 Å². The maximum atomic E-state index is 5.57. The number of hydrogen-bond donors (Lipinski definition) is 0. The van der Waals surface area contributed by atoms with Gasteiger partial charge in [0, 0.05) is 56.2 Å². The Morgan fingerprint density at radius 3 is 2.13 bits per heavy atom. The predicted molar refractivity (Wildman–Crippen MR) is 151 cm³/mol. The molecule has 0 atom stereocenters. The van der Waals surface area contributed by atoms with Crippen molar-refractivity contribution in [2.24, 2.45) is 0 Å². The maximum Gasteiger partial charge on any atom is 0.0847 e. The molecule has 1 radical (unpaired) electrons. The van der Waals surface area contributed by atoms with E-state index in [2.05, 4.69) is 79.0 Å². The second-order valence-corrected chi connectivity index (χ2v) is 9.66. The van der Waals surface area contributed by atoms with Gasteiger partial charge in [-0.3, -0.25) is 9.97 Å². The van der Waals surface area contributed by atoms with Gasteiger partial charge in [-0.15, -0.1) is 41.0 Å². The third-order valence-corrected chi connectivity index (χ3v) is 6.68. The minimum absolute atomic E-state index is 0. The predicted octanol–water partition coefficient (Wildman–Crippen LogP) is 8.24. The number of aromatic nitrogens is 3. The van der Waals surface area contributed by atoms with E-state index >= 15 is 0 Å². The van der Waals surface area contributed by atoms with E-state index in [4.69, 9.17) is 4.42 Å². The van der Waals surface area contributed by atoms with Crippen LogP contribution in [0.5, 0.6) is 0 Å². The topological polar surface area (TPSA) is 51.8 Å². The first kappa shape index (κ1) is 27.4. The second kappa shape index (κ2) is 11.4. The van der Waals surface area contributed by atoms with Crippen molar-refractivity contribution in [1.82, 2.24) is 15.0 Å². The van der Waals surface area contributed by atoms with E-state index in [1.54, 1.807) is 6.26 Å². The molecule has 0 spiro atoms. The normalized spacial score (nSPS) is 10.7. The first-order valence-corrected chi connectivity index (χ1v) is 12.3. The summed E-state index contributed by atoms with van der Waals surface area (Å²) in [6.07, 6.45) is 7.33. The number of benzene rings is 2. The van der Waals surface area contributed by atoms with Gasteiger partial charge in [0.05, 0.1) is 5.58 Å². The van der Waals surface area contributed by atoms with Crippen LogP contribution in [0.2, 0.25) is 0 Å². The molecule has 4 aromatic heterocycles. The van der Waals surface area contributed by atoms with E-state index in [9.17, 15) is 0 Å². The van der Waals surface area contributed by atoms with Crippen LogP contribution in [-0.4, -0.2) is 15.0 Å². The molecule has 0 aliphatic carbocycles. The molecule has 5 heteroatoms. The Labute approximate surface area is 237 Å². The molecule has 0 bridgehead atoms. The average molecular weight is 676 g/mol. The molecular weight excluding hydrogens is 647 g/mol. The zero-order valence-corrected chi connectivity index (χ0v) is 24.8. The summed E-state index contributed by atoms with van der Waals surface area (Å²) in [6.45, 7) is 12.5. The van der Waals surface area contributed by atoms with Crippen molar-refractivity contribution in [3.05, 3.63) is 113 Å². The van der Waals surface area contributed by atoms with Crippen LogP contribution in [0.1, 0.15) is 33.4 Å². The van der Waals surface area contributed by atoms with E-state index in [1.165, 1.54) is 22.3 Å². The van der Waals surface area contributed by atoms with Gasteiger partial charge < -0.3 is 9.40 Å². The molecule has 0 fully saturated rings. The van der Waals surface area contributed by atoms with Crippen LogP contribution in [0.3, 0.4) is 0 Å². The average Bonchev–Trinajstić information content (AvgIpc) is 3.37. The Morgan fingerprint density at radius 1 is 0.684 bits per heavy atom. The number of nitrogens with zero attached hydrogens (tertiary/aromatic N) is 3. The van der Waals surface area contributed by atoms with Gasteiger partial charge in [0.25, 0.3) is 0 Å². The fraction of sp³-hybridized carbons (Fsp3) is 0.182. The Balaban J connectivity index is 0.000000179. The van der Waals surface area contributed by atoms with Crippen molar-refractivity contribution in [2.45, 2.75) is 41.5 Å². The van der Waals surface area contributed by atoms with Crippen LogP contribution < -0.4 is 0 Å². The fourth-order valence-corrected chi connectivity index (χ4v) is 4.14. The van der Waals surface area contributed by atoms with Crippen LogP contribution in [0.4, 0.5) is 0 Å². The van der Waals surface area contributed by atoms with Crippen molar-refractivity contribution in [2.75, 3.05) is 0 Å². The summed E-state index contributed by atoms with van der Waals surface area (Å²) in [5, 5.41) is 1.95. The van der Waals surface area contributed by atoms with Gasteiger partial charge in [-0.05, 0) is 50.1 Å². The number of furan rings is 1. The molecule has 6 rings (SSSR count). The van der Waals surface area contributed by atoms with Crippen LogP contribution >= 0.6 is 0 Å². The van der Waals surface area contributed by atoms with Crippen LogP contribution in [0, 0.1) is 53.7 Å². The minimum Gasteiger partial charge on any atom is -0.506 e. The molecule has 0 saturated carbocycles. The van der Waals surface area contributed by atoms with Crippen LogP contribution in [0.25, 0.3) is 44.4 Å². The van der Waals surface area contributed by atoms with Gasteiger partial charge in [0.2, 0.25) is 0 Å². The molecule has 2 aromatic carbocycles. The number of rotatable bonds is 2. The molecule has 6 aromatic rings. The van der Waals surface area contributed by atoms with Gasteiger partial charge in [-0.1, -0.05) is 66.1 Å². The maximum absolute atomic E-state index is 5.57. The van der Waals surface area contributed by atoms with Gasteiger partial charge in [0.15, 0.2) is 0 Å². The van der Waals surface area contributed by atoms with Gasteiger partial charge in [-0.2, -0.15) is 0 Å². The van der Waals surface area contributed by atoms with E-state index in [1.807, 2.05) is 50.6 Å². The van der Waals surface area contributed by atoms with Crippen molar-refractivity contribution in [3.8, 4) is 22.5 Å². The molecule has 4 heterocycles. The van der Waals surface area contributed by atoms with Gasteiger partial charge in [-0.25, -0.2) is 0 Å². The summed E-state index contributed by atoms with van der Waals surface area (Å²) in [5.74, 6) is 0. The first-order chi connectivity index (χ1) is 17.8. The third-order valence-electron chi connectivity index (χ3n) is 6.68. The number of fused-ring (bicyclic) bond motifs is 3. The molecule has 0 amide bonds. The van der Waals surface area contributed by atoms with E-state index in [-0.39, 0.29) is 20.1 Å². The second-order valence-electron chi connectivity index (χ2n) is 9.66. The summed E-state index contributed by atoms with van der Waals surface area (Å²) in [6, 6.07) is 21.1. The molecular formula is C33H29IrN3O-2. The zero-order valence-electron chi connectivity index (χ0n) is 22.4. The van der Waals surface area contributed by atoms with Crippen molar-refractivity contribution in [3.63, 3.8) is 0 Å². The quantitative estimate of drug-likeness (QED) is 0.174. The summed E-state index contributed by atoms with van der Waals surface area (Å²) >= 11 is 0. The van der Waals surface area contributed by atoms with E-state index in [0.717, 1.165) is 55.5 Å². The van der Waals surface area contributed by atoms with Crippen molar-refractivity contribution < 1.29 is 24.5 Å². The van der Waals surface area contributed by atoms with E-state index < -0.39 is 0 Å². The molecule has 38 heavy (non-hydrogen) atoms. The Hall–Kier alpha value is -3.66. The SMILES string of the molecule is Cc1c[c-]c(-c2cc(C)c(C)cn2)cc1C.Cc1ccc(-c2[c-]c3ccoc3c3ncc(C)cc23)nc1.[Ir]. The Bertz CT molecular complexity index is 1690. The van der Waals surface area contributed by atoms with Crippen molar-refractivity contribution >= 4 is 21.9 Å². The standard InChI is InChI=1S/C18H13N2O.C15H16N.Ir/c1-11-3-4-16(19-9-11)14-8-13-5-6-21-18(13)17-15(14)7-12(2)10-20-17;1-10-5-6-14(7-11(10)2)15-8-12(3)13(4)9-16-15;/h3-7,9-10H,1-2H3;5,7-9H,1-4H3;/q2*-1;. The molecule has 4 nitrogen and oxygen atoms in total. The molecule has 0 N–H and O–H groups in total. The van der Waals surface area contributed by atoms with Crippen LogP contribution in [0.15, 0.2) is 71.7 Å². The summed E-state index contributed by atoms with van der Waals surface area (Å²) in [4.78, 5) is 13.5. The molecule has 0 unspecified atom stereocenters. The fourth-order valence-electron chi connectivity index (χ4n) is 4.14.